The molecule has 0 N–H and O–H groups in total. The molecule has 0 saturated carbocycles. The summed E-state index contributed by atoms with van der Waals surface area (Å²) >= 11 is 1.88. The predicted molar refractivity (Wildman–Crippen MR) is 235 cm³/mol. The normalized spacial score (nSPS) is 11.6. The minimum atomic E-state index is 0.909. The largest absolute Gasteiger partial charge is 0.455 e. The first-order valence-electron chi connectivity index (χ1n) is 18.7. The number of rotatable bonds is 6. The zero-order valence-corrected chi connectivity index (χ0v) is 30.6. The molecule has 258 valence electrons. The highest BCUT2D eigenvalue weighted by Gasteiger charge is 2.19. The van der Waals surface area contributed by atoms with Crippen molar-refractivity contribution in [3.8, 4) is 33.4 Å². The number of fused-ring (bicyclic) bond motifs is 8. The number of nitrogens with zero attached hydrogens (tertiary/aromatic N) is 1. The summed E-state index contributed by atoms with van der Waals surface area (Å²) in [5, 5.41) is 7.43. The Bertz CT molecular complexity index is 3190. The van der Waals surface area contributed by atoms with Gasteiger partial charge in [-0.25, -0.2) is 0 Å². The van der Waals surface area contributed by atoms with E-state index in [0.29, 0.717) is 0 Å². The Morgan fingerprint density at radius 2 is 0.964 bits per heavy atom. The molecule has 11 aromatic rings. The smallest absolute Gasteiger partial charge is 0.143 e. The topological polar surface area (TPSA) is 16.4 Å². The van der Waals surface area contributed by atoms with E-state index in [9.17, 15) is 0 Å². The van der Waals surface area contributed by atoms with Gasteiger partial charge < -0.3 is 9.32 Å². The minimum Gasteiger partial charge on any atom is -0.455 e. The Labute approximate surface area is 322 Å². The summed E-state index contributed by atoms with van der Waals surface area (Å²) in [4.78, 5) is 2.38. The monoisotopic (exact) mass is 719 g/mol. The Kier molecular flexibility index (Phi) is 7.39. The van der Waals surface area contributed by atoms with E-state index in [1.807, 2.05) is 23.5 Å². The van der Waals surface area contributed by atoms with Crippen molar-refractivity contribution < 1.29 is 4.42 Å². The molecule has 2 heterocycles. The molecule has 9 aromatic carbocycles. The van der Waals surface area contributed by atoms with E-state index in [-0.39, 0.29) is 0 Å². The summed E-state index contributed by atoms with van der Waals surface area (Å²) < 4.78 is 9.01. The highest BCUT2D eigenvalue weighted by molar-refractivity contribution is 7.26. The van der Waals surface area contributed by atoms with Gasteiger partial charge in [0.15, 0.2) is 0 Å². The quantitative estimate of drug-likeness (QED) is 0.170. The first-order chi connectivity index (χ1) is 27.3. The molecule has 0 radical (unpaired) electrons. The maximum atomic E-state index is 6.43. The summed E-state index contributed by atoms with van der Waals surface area (Å²) in [6, 6.07) is 72.1. The summed E-state index contributed by atoms with van der Waals surface area (Å²) in [6.45, 7) is 0. The van der Waals surface area contributed by atoms with Crippen molar-refractivity contribution in [2.24, 2.45) is 0 Å². The van der Waals surface area contributed by atoms with E-state index in [1.54, 1.807) is 0 Å². The summed E-state index contributed by atoms with van der Waals surface area (Å²) in [5.41, 5.74) is 12.2. The number of furan rings is 1. The molecule has 0 spiro atoms. The van der Waals surface area contributed by atoms with Crippen LogP contribution >= 0.6 is 11.3 Å². The Morgan fingerprint density at radius 3 is 1.78 bits per heavy atom. The fourth-order valence-electron chi connectivity index (χ4n) is 8.25. The lowest BCUT2D eigenvalue weighted by molar-refractivity contribution is 0.670. The van der Waals surface area contributed by atoms with Crippen molar-refractivity contribution in [1.82, 2.24) is 0 Å². The minimum absolute atomic E-state index is 0.909. The Morgan fingerprint density at radius 1 is 0.345 bits per heavy atom. The van der Waals surface area contributed by atoms with Crippen LogP contribution in [0.15, 0.2) is 205 Å². The zero-order chi connectivity index (χ0) is 36.3. The molecule has 0 fully saturated rings. The van der Waals surface area contributed by atoms with Gasteiger partial charge in [-0.15, -0.1) is 11.3 Å². The van der Waals surface area contributed by atoms with Crippen LogP contribution in [0, 0.1) is 0 Å². The summed E-state index contributed by atoms with van der Waals surface area (Å²) in [7, 11) is 0. The Hall–Kier alpha value is -6.94. The number of hydrogen-bond acceptors (Lipinski definition) is 3. The first-order valence-corrected chi connectivity index (χ1v) is 19.5. The fourth-order valence-corrected chi connectivity index (χ4v) is 9.50. The van der Waals surface area contributed by atoms with Crippen LogP contribution in [0.3, 0.4) is 0 Å². The molecule has 0 aliphatic heterocycles. The third kappa shape index (κ3) is 5.32. The van der Waals surface area contributed by atoms with Crippen molar-refractivity contribution in [1.29, 1.82) is 0 Å². The van der Waals surface area contributed by atoms with Gasteiger partial charge in [0.25, 0.3) is 0 Å². The molecule has 0 amide bonds. The SMILES string of the molecule is c1ccc(-c2cccc(N(c3ccc(-c4cccc5c4oc4ccccc45)cc3)c3ccc4c(c3)sc3c5ccccc5c(-c5ccccc5)cc43)c2)cc1. The molecular formula is C52H33NOS. The lowest BCUT2D eigenvalue weighted by atomic mass is 9.95. The van der Waals surface area contributed by atoms with Crippen LogP contribution in [-0.2, 0) is 0 Å². The molecular weight excluding hydrogens is 687 g/mol. The molecule has 2 nitrogen and oxygen atoms in total. The average molecular weight is 720 g/mol. The lowest BCUT2D eigenvalue weighted by Gasteiger charge is -2.26. The fraction of sp³-hybridized carbons (Fsp3) is 0. The van der Waals surface area contributed by atoms with E-state index >= 15 is 0 Å². The van der Waals surface area contributed by atoms with Crippen LogP contribution in [0.25, 0.3) is 86.3 Å². The maximum absolute atomic E-state index is 6.43. The van der Waals surface area contributed by atoms with Gasteiger partial charge in [0.2, 0.25) is 0 Å². The predicted octanol–water partition coefficient (Wildman–Crippen LogP) is 15.6. The Balaban J connectivity index is 1.07. The van der Waals surface area contributed by atoms with Crippen LogP contribution in [-0.4, -0.2) is 0 Å². The second kappa shape index (κ2) is 12.9. The molecule has 0 atom stereocenters. The third-order valence-corrected chi connectivity index (χ3v) is 12.1. The molecule has 0 aliphatic rings. The molecule has 11 rings (SSSR count). The van der Waals surface area contributed by atoms with Crippen molar-refractivity contribution in [2.75, 3.05) is 4.90 Å². The van der Waals surface area contributed by atoms with E-state index in [0.717, 1.165) is 50.1 Å². The zero-order valence-electron chi connectivity index (χ0n) is 29.8. The highest BCUT2D eigenvalue weighted by atomic mass is 32.1. The number of thiophene rings is 1. The average Bonchev–Trinajstić information content (AvgIpc) is 3.83. The van der Waals surface area contributed by atoms with Crippen molar-refractivity contribution in [3.63, 3.8) is 0 Å². The van der Waals surface area contributed by atoms with Crippen LogP contribution in [0.4, 0.5) is 17.1 Å². The van der Waals surface area contributed by atoms with Crippen molar-refractivity contribution in [2.45, 2.75) is 0 Å². The van der Waals surface area contributed by atoms with Gasteiger partial charge in [0.05, 0.1) is 0 Å². The van der Waals surface area contributed by atoms with Crippen LogP contribution < -0.4 is 4.90 Å². The van der Waals surface area contributed by atoms with Crippen LogP contribution in [0.1, 0.15) is 0 Å². The van der Waals surface area contributed by atoms with E-state index in [1.165, 1.54) is 53.2 Å². The summed E-state index contributed by atoms with van der Waals surface area (Å²) in [5.74, 6) is 0. The molecule has 0 aliphatic carbocycles. The van der Waals surface area contributed by atoms with Crippen molar-refractivity contribution >= 4 is 81.3 Å². The van der Waals surface area contributed by atoms with Crippen molar-refractivity contribution in [3.05, 3.63) is 200 Å². The van der Waals surface area contributed by atoms with E-state index < -0.39 is 0 Å². The number of para-hydroxylation sites is 2. The molecule has 2 aromatic heterocycles. The van der Waals surface area contributed by atoms with E-state index in [2.05, 4.69) is 193 Å². The molecule has 55 heavy (non-hydrogen) atoms. The van der Waals surface area contributed by atoms with E-state index in [4.69, 9.17) is 4.42 Å². The molecule has 0 unspecified atom stereocenters. The van der Waals surface area contributed by atoms with Gasteiger partial charge in [-0.3, -0.25) is 0 Å². The first kappa shape index (κ1) is 31.6. The number of hydrogen-bond donors (Lipinski definition) is 0. The third-order valence-electron chi connectivity index (χ3n) is 10.9. The standard InChI is InChI=1S/C52H33NOS/c1-3-13-34(14-4-1)37-17-11-18-39(31-37)53(38-27-25-36(26-28-38)41-22-12-23-45-43-20-9-10-24-49(43)54-51(41)45)40-29-30-44-48-33-47(35-15-5-2-6-16-35)42-19-7-8-21-46(42)52(48)55-50(44)32-40/h1-33H. The van der Waals surface area contributed by atoms with Gasteiger partial charge in [-0.2, -0.15) is 0 Å². The maximum Gasteiger partial charge on any atom is 0.143 e. The number of anilines is 3. The van der Waals surface area contributed by atoms with Crippen LogP contribution in [0.2, 0.25) is 0 Å². The molecule has 3 heteroatoms. The lowest BCUT2D eigenvalue weighted by Crippen LogP contribution is -2.09. The van der Waals surface area contributed by atoms with Gasteiger partial charge in [-0.05, 0) is 81.7 Å². The van der Waals surface area contributed by atoms with Gasteiger partial charge in [0, 0.05) is 59.0 Å². The van der Waals surface area contributed by atoms with Gasteiger partial charge >= 0.3 is 0 Å². The van der Waals surface area contributed by atoms with Gasteiger partial charge in [0.1, 0.15) is 11.2 Å². The second-order valence-electron chi connectivity index (χ2n) is 14.1. The molecule has 0 bridgehead atoms. The van der Waals surface area contributed by atoms with Gasteiger partial charge in [-0.1, -0.05) is 152 Å². The van der Waals surface area contributed by atoms with Crippen LogP contribution in [0.5, 0.6) is 0 Å². The second-order valence-corrected chi connectivity index (χ2v) is 15.1. The molecule has 0 saturated heterocycles. The number of benzene rings is 9. The summed E-state index contributed by atoms with van der Waals surface area (Å²) in [6.07, 6.45) is 0. The highest BCUT2D eigenvalue weighted by Crippen LogP contribution is 2.46.